The van der Waals surface area contributed by atoms with E-state index in [0.717, 1.165) is 72.1 Å². The molecule has 0 radical (unpaired) electrons. The zero-order valence-corrected chi connectivity index (χ0v) is 17.0. The van der Waals surface area contributed by atoms with Gasteiger partial charge in [0.15, 0.2) is 0 Å². The number of fused-ring (bicyclic) bond motifs is 6. The van der Waals surface area contributed by atoms with E-state index in [1.54, 1.807) is 0 Å². The minimum atomic E-state index is 0.734. The van der Waals surface area contributed by atoms with Crippen LogP contribution in [0.3, 0.4) is 0 Å². The molecule has 0 spiro atoms. The molecule has 3 aromatic heterocycles. The van der Waals surface area contributed by atoms with E-state index in [2.05, 4.69) is 47.4 Å². The molecular formula is C26H19N3O. The molecule has 4 nitrogen and oxygen atoms in total. The highest BCUT2D eigenvalue weighted by Gasteiger charge is 2.17. The zero-order valence-electron chi connectivity index (χ0n) is 17.0. The van der Waals surface area contributed by atoms with Gasteiger partial charge in [-0.1, -0.05) is 36.4 Å². The van der Waals surface area contributed by atoms with Crippen molar-refractivity contribution in [3.05, 3.63) is 77.9 Å². The van der Waals surface area contributed by atoms with Crippen LogP contribution in [0, 0.1) is 20.8 Å². The fraction of sp³-hybridized carbons (Fsp3) is 0.115. The van der Waals surface area contributed by atoms with Gasteiger partial charge in [0, 0.05) is 38.5 Å². The molecule has 6 aromatic rings. The maximum absolute atomic E-state index is 6.28. The van der Waals surface area contributed by atoms with E-state index in [1.807, 2.05) is 39.0 Å². The van der Waals surface area contributed by atoms with E-state index in [9.17, 15) is 0 Å². The molecule has 30 heavy (non-hydrogen) atoms. The lowest BCUT2D eigenvalue weighted by Crippen LogP contribution is -1.97. The quantitative estimate of drug-likeness (QED) is 0.295. The molecule has 0 N–H and O–H groups in total. The lowest BCUT2D eigenvalue weighted by atomic mass is 9.99. The lowest BCUT2D eigenvalue weighted by Gasteiger charge is -2.12. The topological polar surface area (TPSA) is 51.8 Å². The van der Waals surface area contributed by atoms with Crippen LogP contribution in [0.15, 0.2) is 65.1 Å². The first-order valence-electron chi connectivity index (χ1n) is 10.1. The molecule has 0 amide bonds. The Labute approximate surface area is 173 Å². The highest BCUT2D eigenvalue weighted by Crippen LogP contribution is 2.38. The van der Waals surface area contributed by atoms with Gasteiger partial charge in [0.2, 0.25) is 0 Å². The molecule has 0 aliphatic carbocycles. The Kier molecular flexibility index (Phi) is 3.48. The summed E-state index contributed by atoms with van der Waals surface area (Å²) in [7, 11) is 0. The number of benzene rings is 3. The van der Waals surface area contributed by atoms with Crippen molar-refractivity contribution in [1.29, 1.82) is 0 Å². The summed E-state index contributed by atoms with van der Waals surface area (Å²) in [5, 5.41) is 5.46. The second-order valence-corrected chi connectivity index (χ2v) is 7.81. The van der Waals surface area contributed by atoms with Crippen molar-refractivity contribution in [2.24, 2.45) is 0 Å². The predicted molar refractivity (Wildman–Crippen MR) is 122 cm³/mol. The van der Waals surface area contributed by atoms with E-state index < -0.39 is 0 Å². The van der Waals surface area contributed by atoms with Gasteiger partial charge in [0.1, 0.15) is 17.0 Å². The first-order chi connectivity index (χ1) is 14.6. The summed E-state index contributed by atoms with van der Waals surface area (Å²) in [5.41, 5.74) is 6.56. The molecule has 0 saturated carbocycles. The number of pyridine rings is 1. The Bertz CT molecular complexity index is 1630. The Morgan fingerprint density at radius 3 is 2.47 bits per heavy atom. The van der Waals surface area contributed by atoms with E-state index in [0.29, 0.717) is 0 Å². The molecular weight excluding hydrogens is 370 g/mol. The van der Waals surface area contributed by atoms with Crippen LogP contribution in [-0.4, -0.2) is 15.0 Å². The predicted octanol–water partition coefficient (Wildman–Crippen LogP) is 6.67. The van der Waals surface area contributed by atoms with Crippen molar-refractivity contribution in [2.45, 2.75) is 20.8 Å². The molecule has 144 valence electrons. The molecule has 0 atom stereocenters. The van der Waals surface area contributed by atoms with E-state index in [4.69, 9.17) is 14.4 Å². The van der Waals surface area contributed by atoms with Gasteiger partial charge >= 0.3 is 0 Å². The van der Waals surface area contributed by atoms with Crippen molar-refractivity contribution in [2.75, 3.05) is 0 Å². The van der Waals surface area contributed by atoms with Gasteiger partial charge in [0.05, 0.1) is 11.2 Å². The molecule has 3 heterocycles. The SMILES string of the molecule is Cc1cc2ccc3c(-c4cccc5c4oc4ccccc45)nc(C)nc3c2c(C)n1. The second kappa shape index (κ2) is 6.10. The first-order valence-corrected chi connectivity index (χ1v) is 10.1. The molecule has 0 unspecified atom stereocenters. The van der Waals surface area contributed by atoms with Gasteiger partial charge in [0.25, 0.3) is 0 Å². The maximum atomic E-state index is 6.28. The van der Waals surface area contributed by atoms with Crippen LogP contribution in [0.5, 0.6) is 0 Å². The van der Waals surface area contributed by atoms with E-state index in [1.165, 1.54) is 0 Å². The number of nitrogens with zero attached hydrogens (tertiary/aromatic N) is 3. The summed E-state index contributed by atoms with van der Waals surface area (Å²) in [6, 6.07) is 20.8. The van der Waals surface area contributed by atoms with Crippen LogP contribution in [-0.2, 0) is 0 Å². The molecule has 0 aliphatic heterocycles. The van der Waals surface area contributed by atoms with Crippen molar-refractivity contribution >= 4 is 43.6 Å². The highest BCUT2D eigenvalue weighted by molar-refractivity contribution is 6.14. The molecule has 0 saturated heterocycles. The van der Waals surface area contributed by atoms with E-state index >= 15 is 0 Å². The van der Waals surface area contributed by atoms with Crippen molar-refractivity contribution < 1.29 is 4.42 Å². The van der Waals surface area contributed by atoms with Crippen LogP contribution in [0.1, 0.15) is 17.2 Å². The second-order valence-electron chi connectivity index (χ2n) is 7.81. The Morgan fingerprint density at radius 2 is 1.57 bits per heavy atom. The van der Waals surface area contributed by atoms with Crippen molar-refractivity contribution in [3.8, 4) is 11.3 Å². The summed E-state index contributed by atoms with van der Waals surface area (Å²) < 4.78 is 6.28. The number of aryl methyl sites for hydroxylation is 3. The molecule has 4 heteroatoms. The minimum absolute atomic E-state index is 0.734. The third-order valence-electron chi connectivity index (χ3n) is 5.74. The van der Waals surface area contributed by atoms with Gasteiger partial charge in [-0.2, -0.15) is 0 Å². The summed E-state index contributed by atoms with van der Waals surface area (Å²) >= 11 is 0. The number of para-hydroxylation sites is 2. The maximum Gasteiger partial charge on any atom is 0.144 e. The third-order valence-corrected chi connectivity index (χ3v) is 5.74. The van der Waals surface area contributed by atoms with Gasteiger partial charge in [-0.05, 0) is 50.4 Å². The third kappa shape index (κ3) is 2.37. The fourth-order valence-corrected chi connectivity index (χ4v) is 4.54. The van der Waals surface area contributed by atoms with Crippen molar-refractivity contribution in [3.63, 3.8) is 0 Å². The number of hydrogen-bond donors (Lipinski definition) is 0. The summed E-state index contributed by atoms with van der Waals surface area (Å²) in [6.07, 6.45) is 0. The number of rotatable bonds is 1. The zero-order chi connectivity index (χ0) is 20.4. The monoisotopic (exact) mass is 389 g/mol. The number of hydrogen-bond acceptors (Lipinski definition) is 4. The van der Waals surface area contributed by atoms with Gasteiger partial charge < -0.3 is 4.42 Å². The van der Waals surface area contributed by atoms with Crippen LogP contribution in [0.2, 0.25) is 0 Å². The Morgan fingerprint density at radius 1 is 0.733 bits per heavy atom. The normalized spacial score (nSPS) is 11.8. The molecule has 3 aromatic carbocycles. The summed E-state index contributed by atoms with van der Waals surface area (Å²) in [6.45, 7) is 6.01. The molecule has 0 fully saturated rings. The summed E-state index contributed by atoms with van der Waals surface area (Å²) in [4.78, 5) is 14.4. The van der Waals surface area contributed by atoms with Crippen molar-refractivity contribution in [1.82, 2.24) is 15.0 Å². The van der Waals surface area contributed by atoms with Gasteiger partial charge in [-0.25, -0.2) is 9.97 Å². The van der Waals surface area contributed by atoms with Gasteiger partial charge in [-0.15, -0.1) is 0 Å². The molecule has 0 aliphatic rings. The minimum Gasteiger partial charge on any atom is -0.455 e. The molecule has 0 bridgehead atoms. The van der Waals surface area contributed by atoms with Crippen LogP contribution < -0.4 is 0 Å². The van der Waals surface area contributed by atoms with Gasteiger partial charge in [-0.3, -0.25) is 4.98 Å². The lowest BCUT2D eigenvalue weighted by molar-refractivity contribution is 0.670. The smallest absolute Gasteiger partial charge is 0.144 e. The average Bonchev–Trinajstić information content (AvgIpc) is 3.11. The average molecular weight is 389 g/mol. The Hall–Kier alpha value is -3.79. The number of aromatic nitrogens is 3. The van der Waals surface area contributed by atoms with Crippen LogP contribution in [0.4, 0.5) is 0 Å². The standard InChI is InChI=1S/C26H19N3O/c1-14-13-17-11-12-20-24(28-16(3)29-25(20)23(17)15(2)27-14)21-9-6-8-19-18-7-4-5-10-22(18)30-26(19)21/h4-13H,1-3H3. The summed E-state index contributed by atoms with van der Waals surface area (Å²) in [5.74, 6) is 0.734. The first kappa shape index (κ1) is 17.1. The van der Waals surface area contributed by atoms with Crippen LogP contribution in [0.25, 0.3) is 54.9 Å². The Balaban J connectivity index is 1.76. The van der Waals surface area contributed by atoms with E-state index in [-0.39, 0.29) is 0 Å². The highest BCUT2D eigenvalue weighted by atomic mass is 16.3. The van der Waals surface area contributed by atoms with Crippen LogP contribution >= 0.6 is 0 Å². The fourth-order valence-electron chi connectivity index (χ4n) is 4.54. The molecule has 6 rings (SSSR count). The number of furan rings is 1. The largest absolute Gasteiger partial charge is 0.455 e.